The van der Waals surface area contributed by atoms with Gasteiger partial charge in [-0.1, -0.05) is 13.8 Å². The van der Waals surface area contributed by atoms with Crippen LogP contribution in [0.3, 0.4) is 0 Å². The molecule has 1 aliphatic rings. The number of rotatable bonds is 3. The van der Waals surface area contributed by atoms with Gasteiger partial charge in [0.1, 0.15) is 0 Å². The summed E-state index contributed by atoms with van der Waals surface area (Å²) in [6.07, 6.45) is 5.18. The topological polar surface area (TPSA) is 18.5 Å². The first-order valence-electron chi connectivity index (χ1n) is 4.68. The van der Waals surface area contributed by atoms with Crippen molar-refractivity contribution in [2.75, 3.05) is 7.11 Å². The molecule has 0 saturated heterocycles. The van der Waals surface area contributed by atoms with Gasteiger partial charge in [0, 0.05) is 13.0 Å². The second kappa shape index (κ2) is 4.51. The average molecular weight is 170 g/mol. The van der Waals surface area contributed by atoms with E-state index in [9.17, 15) is 0 Å². The fourth-order valence-electron chi connectivity index (χ4n) is 1.57. The number of hydrogen-bond acceptors (Lipinski definition) is 2. The van der Waals surface area contributed by atoms with Crippen LogP contribution in [0.25, 0.3) is 0 Å². The lowest BCUT2D eigenvalue weighted by Crippen LogP contribution is -2.27. The van der Waals surface area contributed by atoms with Crippen LogP contribution in [0.2, 0.25) is 0 Å². The first-order chi connectivity index (χ1) is 5.81. The molecule has 0 fully saturated rings. The summed E-state index contributed by atoms with van der Waals surface area (Å²) in [5.41, 5.74) is 1.40. The van der Waals surface area contributed by atoms with Crippen molar-refractivity contribution in [3.63, 3.8) is 0 Å². The third-order valence-corrected chi connectivity index (χ3v) is 2.49. The number of allylic oxidation sites excluding steroid dienone is 1. The number of ether oxygens (including phenoxy) is 2. The Balaban J connectivity index is 2.56. The summed E-state index contributed by atoms with van der Waals surface area (Å²) in [5, 5.41) is 0. The summed E-state index contributed by atoms with van der Waals surface area (Å²) in [5.74, 6) is 0.537. The van der Waals surface area contributed by atoms with Gasteiger partial charge in [0.2, 0.25) is 6.29 Å². The van der Waals surface area contributed by atoms with Crippen LogP contribution in [0.15, 0.2) is 11.8 Å². The van der Waals surface area contributed by atoms with Crippen LogP contribution < -0.4 is 0 Å². The molecule has 0 amide bonds. The molecule has 1 rings (SSSR count). The summed E-state index contributed by atoms with van der Waals surface area (Å²) in [6, 6.07) is 0. The SMILES string of the molecule is CCC1=COC(OC)C(CC)C1. The van der Waals surface area contributed by atoms with Crippen molar-refractivity contribution >= 4 is 0 Å². The van der Waals surface area contributed by atoms with Gasteiger partial charge < -0.3 is 9.47 Å². The lowest BCUT2D eigenvalue weighted by molar-refractivity contribution is -0.129. The molecule has 0 aromatic rings. The predicted molar refractivity (Wildman–Crippen MR) is 48.7 cm³/mol. The summed E-state index contributed by atoms with van der Waals surface area (Å²) in [7, 11) is 1.71. The Bertz CT molecular complexity index is 163. The third-order valence-electron chi connectivity index (χ3n) is 2.49. The molecule has 0 aromatic heterocycles. The molecule has 12 heavy (non-hydrogen) atoms. The van der Waals surface area contributed by atoms with Crippen molar-refractivity contribution < 1.29 is 9.47 Å². The minimum Gasteiger partial charge on any atom is -0.472 e. The maximum Gasteiger partial charge on any atom is 0.201 e. The van der Waals surface area contributed by atoms with Gasteiger partial charge in [-0.15, -0.1) is 0 Å². The highest BCUT2D eigenvalue weighted by atomic mass is 16.7. The van der Waals surface area contributed by atoms with Crippen molar-refractivity contribution in [1.29, 1.82) is 0 Å². The first-order valence-corrected chi connectivity index (χ1v) is 4.68. The quantitative estimate of drug-likeness (QED) is 0.648. The molecule has 2 heteroatoms. The summed E-state index contributed by atoms with van der Waals surface area (Å²) in [6.45, 7) is 4.34. The summed E-state index contributed by atoms with van der Waals surface area (Å²) >= 11 is 0. The Morgan fingerprint density at radius 2 is 2.33 bits per heavy atom. The van der Waals surface area contributed by atoms with Crippen LogP contribution in [-0.2, 0) is 9.47 Å². The van der Waals surface area contributed by atoms with Crippen LogP contribution >= 0.6 is 0 Å². The maximum absolute atomic E-state index is 5.45. The minimum atomic E-state index is -0.0229. The molecular weight excluding hydrogens is 152 g/mol. The predicted octanol–water partition coefficient (Wildman–Crippen LogP) is 2.70. The van der Waals surface area contributed by atoms with Crippen LogP contribution in [0, 0.1) is 5.92 Å². The molecule has 0 saturated carbocycles. The maximum atomic E-state index is 5.45. The van der Waals surface area contributed by atoms with Gasteiger partial charge in [-0.05, 0) is 24.8 Å². The molecule has 0 N–H and O–H groups in total. The van der Waals surface area contributed by atoms with E-state index in [-0.39, 0.29) is 6.29 Å². The van der Waals surface area contributed by atoms with E-state index in [1.54, 1.807) is 7.11 Å². The first kappa shape index (κ1) is 9.59. The fourth-order valence-corrected chi connectivity index (χ4v) is 1.57. The molecule has 1 heterocycles. The standard InChI is InChI=1S/C10H18O2/c1-4-8-6-9(5-2)10(11-3)12-7-8/h7,9-10H,4-6H2,1-3H3. The second-order valence-electron chi connectivity index (χ2n) is 3.24. The van der Waals surface area contributed by atoms with E-state index in [1.165, 1.54) is 5.57 Å². The minimum absolute atomic E-state index is 0.0229. The van der Waals surface area contributed by atoms with Crippen LogP contribution in [-0.4, -0.2) is 13.4 Å². The van der Waals surface area contributed by atoms with E-state index < -0.39 is 0 Å². The summed E-state index contributed by atoms with van der Waals surface area (Å²) in [4.78, 5) is 0. The number of methoxy groups -OCH3 is 1. The van der Waals surface area contributed by atoms with Crippen molar-refractivity contribution in [2.24, 2.45) is 5.92 Å². The molecule has 0 aliphatic carbocycles. The van der Waals surface area contributed by atoms with E-state index in [0.717, 1.165) is 19.3 Å². The molecule has 0 spiro atoms. The highest BCUT2D eigenvalue weighted by molar-refractivity contribution is 5.02. The van der Waals surface area contributed by atoms with E-state index in [4.69, 9.17) is 9.47 Å². The van der Waals surface area contributed by atoms with Gasteiger partial charge in [0.15, 0.2) is 0 Å². The Morgan fingerprint density at radius 1 is 1.58 bits per heavy atom. The van der Waals surface area contributed by atoms with Crippen LogP contribution in [0.5, 0.6) is 0 Å². The highest BCUT2D eigenvalue weighted by Gasteiger charge is 2.24. The van der Waals surface area contributed by atoms with Gasteiger partial charge in [-0.2, -0.15) is 0 Å². The Hall–Kier alpha value is -0.500. The monoisotopic (exact) mass is 170 g/mol. The lowest BCUT2D eigenvalue weighted by atomic mass is 9.94. The average Bonchev–Trinajstić information content (AvgIpc) is 2.16. The Labute approximate surface area is 74.6 Å². The van der Waals surface area contributed by atoms with Gasteiger partial charge in [0.05, 0.1) is 6.26 Å². The molecule has 0 bridgehead atoms. The van der Waals surface area contributed by atoms with Gasteiger partial charge in [-0.3, -0.25) is 0 Å². The van der Waals surface area contributed by atoms with Crippen molar-refractivity contribution in [1.82, 2.24) is 0 Å². The molecule has 1 aliphatic heterocycles. The largest absolute Gasteiger partial charge is 0.472 e. The van der Waals surface area contributed by atoms with E-state index in [0.29, 0.717) is 5.92 Å². The Kier molecular flexibility index (Phi) is 3.60. The molecule has 2 atom stereocenters. The highest BCUT2D eigenvalue weighted by Crippen LogP contribution is 2.28. The van der Waals surface area contributed by atoms with E-state index >= 15 is 0 Å². The molecule has 2 unspecified atom stereocenters. The molecule has 70 valence electrons. The van der Waals surface area contributed by atoms with Gasteiger partial charge in [0.25, 0.3) is 0 Å². The smallest absolute Gasteiger partial charge is 0.201 e. The fraction of sp³-hybridized carbons (Fsp3) is 0.800. The van der Waals surface area contributed by atoms with E-state index in [1.807, 2.05) is 6.26 Å². The van der Waals surface area contributed by atoms with Gasteiger partial charge >= 0.3 is 0 Å². The van der Waals surface area contributed by atoms with Gasteiger partial charge in [-0.25, -0.2) is 0 Å². The molecule has 0 radical (unpaired) electrons. The van der Waals surface area contributed by atoms with Crippen molar-refractivity contribution in [3.05, 3.63) is 11.8 Å². The van der Waals surface area contributed by atoms with Crippen LogP contribution in [0.1, 0.15) is 33.1 Å². The third kappa shape index (κ3) is 2.01. The summed E-state index contributed by atoms with van der Waals surface area (Å²) < 4.78 is 10.7. The zero-order valence-corrected chi connectivity index (χ0v) is 8.17. The molecule has 2 nitrogen and oxygen atoms in total. The normalized spacial score (nSPS) is 29.4. The molecule has 0 aromatic carbocycles. The molecular formula is C10H18O2. The lowest BCUT2D eigenvalue weighted by Gasteiger charge is -2.29. The van der Waals surface area contributed by atoms with Crippen molar-refractivity contribution in [2.45, 2.75) is 39.4 Å². The zero-order chi connectivity index (χ0) is 8.97. The Morgan fingerprint density at radius 3 is 2.83 bits per heavy atom. The van der Waals surface area contributed by atoms with Crippen LogP contribution in [0.4, 0.5) is 0 Å². The zero-order valence-electron chi connectivity index (χ0n) is 8.17. The second-order valence-corrected chi connectivity index (χ2v) is 3.24. The van der Waals surface area contributed by atoms with E-state index in [2.05, 4.69) is 13.8 Å². The number of hydrogen-bond donors (Lipinski definition) is 0. The van der Waals surface area contributed by atoms with Crippen molar-refractivity contribution in [3.8, 4) is 0 Å².